The molecule has 0 spiro atoms. The fraction of sp³-hybridized carbons (Fsp3) is 0.643. The van der Waals surface area contributed by atoms with Gasteiger partial charge in [0.1, 0.15) is 5.82 Å². The van der Waals surface area contributed by atoms with Crippen molar-refractivity contribution in [2.45, 2.75) is 19.9 Å². The number of nitrogens with one attached hydrogen (secondary N) is 1. The summed E-state index contributed by atoms with van der Waals surface area (Å²) in [6, 6.07) is 2.12. The maximum Gasteiger partial charge on any atom is 0.128 e. The van der Waals surface area contributed by atoms with Crippen LogP contribution in [-0.4, -0.2) is 49.7 Å². The molecule has 0 unspecified atom stereocenters. The van der Waals surface area contributed by atoms with Crippen LogP contribution in [-0.2, 0) is 6.54 Å². The first kappa shape index (κ1) is 14.6. The predicted octanol–water partition coefficient (Wildman–Crippen LogP) is 1.99. The first-order valence-electron chi connectivity index (χ1n) is 6.99. The van der Waals surface area contributed by atoms with Crippen molar-refractivity contribution in [3.8, 4) is 0 Å². The normalized spacial score (nSPS) is 16.9. The molecular formula is C14H23ClN4. The van der Waals surface area contributed by atoms with E-state index in [0.29, 0.717) is 0 Å². The molecule has 1 aliphatic rings. The maximum atomic E-state index is 6.21. The first-order valence-corrected chi connectivity index (χ1v) is 7.37. The van der Waals surface area contributed by atoms with E-state index in [1.54, 1.807) is 6.20 Å². The lowest BCUT2D eigenvalue weighted by Gasteiger charge is -2.33. The lowest BCUT2D eigenvalue weighted by Crippen LogP contribution is -2.44. The minimum atomic E-state index is 0.751. The molecule has 1 aromatic heterocycles. The molecule has 0 bridgehead atoms. The minimum absolute atomic E-state index is 0.751. The summed E-state index contributed by atoms with van der Waals surface area (Å²) in [4.78, 5) is 9.14. The number of aromatic nitrogens is 1. The molecule has 2 heterocycles. The summed E-state index contributed by atoms with van der Waals surface area (Å²) in [5, 5.41) is 4.14. The Morgan fingerprint density at radius 1 is 1.32 bits per heavy atom. The van der Waals surface area contributed by atoms with Gasteiger partial charge >= 0.3 is 0 Å². The molecule has 0 amide bonds. The molecule has 1 fully saturated rings. The van der Waals surface area contributed by atoms with E-state index in [2.05, 4.69) is 40.1 Å². The van der Waals surface area contributed by atoms with E-state index in [0.717, 1.165) is 62.1 Å². The molecule has 0 aromatic carbocycles. The Morgan fingerprint density at radius 3 is 2.74 bits per heavy atom. The van der Waals surface area contributed by atoms with Crippen LogP contribution >= 0.6 is 11.6 Å². The van der Waals surface area contributed by atoms with E-state index < -0.39 is 0 Å². The highest BCUT2D eigenvalue weighted by molar-refractivity contribution is 6.31. The number of likely N-dealkylation sites (N-methyl/N-ethyl adjacent to an activating group) is 1. The summed E-state index contributed by atoms with van der Waals surface area (Å²) in [5.41, 5.74) is 1.14. The fourth-order valence-corrected chi connectivity index (χ4v) is 2.38. The van der Waals surface area contributed by atoms with Crippen LogP contribution in [0, 0.1) is 0 Å². The average Bonchev–Trinajstić information content (AvgIpc) is 2.42. The molecule has 5 heteroatoms. The van der Waals surface area contributed by atoms with Gasteiger partial charge in [0.25, 0.3) is 0 Å². The number of hydrogen-bond acceptors (Lipinski definition) is 4. The van der Waals surface area contributed by atoms with Gasteiger partial charge in [-0.15, -0.1) is 0 Å². The van der Waals surface area contributed by atoms with Crippen molar-refractivity contribution in [2.24, 2.45) is 0 Å². The van der Waals surface area contributed by atoms with Crippen molar-refractivity contribution in [3.63, 3.8) is 0 Å². The highest BCUT2D eigenvalue weighted by Gasteiger charge is 2.16. The molecular weight excluding hydrogens is 260 g/mol. The SMILES string of the molecule is CCCNCc1cc(N2CCN(C)CC2)ncc1Cl. The van der Waals surface area contributed by atoms with E-state index in [1.807, 2.05) is 0 Å². The van der Waals surface area contributed by atoms with Gasteiger partial charge in [0.15, 0.2) is 0 Å². The Labute approximate surface area is 120 Å². The molecule has 0 radical (unpaired) electrons. The van der Waals surface area contributed by atoms with Crippen LogP contribution in [0.25, 0.3) is 0 Å². The summed E-state index contributed by atoms with van der Waals surface area (Å²) < 4.78 is 0. The van der Waals surface area contributed by atoms with Gasteiger partial charge in [0, 0.05) is 38.9 Å². The molecule has 1 N–H and O–H groups in total. The summed E-state index contributed by atoms with van der Waals surface area (Å²) >= 11 is 6.21. The summed E-state index contributed by atoms with van der Waals surface area (Å²) in [7, 11) is 2.16. The van der Waals surface area contributed by atoms with Gasteiger partial charge in [-0.3, -0.25) is 0 Å². The number of piperazine rings is 1. The zero-order valence-electron chi connectivity index (χ0n) is 11.8. The van der Waals surface area contributed by atoms with Gasteiger partial charge in [0.2, 0.25) is 0 Å². The van der Waals surface area contributed by atoms with Crippen molar-refractivity contribution < 1.29 is 0 Å². The first-order chi connectivity index (χ1) is 9.20. The highest BCUT2D eigenvalue weighted by atomic mass is 35.5. The van der Waals surface area contributed by atoms with E-state index in [4.69, 9.17) is 11.6 Å². The molecule has 4 nitrogen and oxygen atoms in total. The van der Waals surface area contributed by atoms with Crippen molar-refractivity contribution in [2.75, 3.05) is 44.7 Å². The molecule has 1 saturated heterocycles. The molecule has 19 heavy (non-hydrogen) atoms. The second-order valence-electron chi connectivity index (χ2n) is 5.10. The average molecular weight is 283 g/mol. The maximum absolute atomic E-state index is 6.21. The Hall–Kier alpha value is -0.840. The molecule has 1 aromatic rings. The summed E-state index contributed by atoms with van der Waals surface area (Å²) in [5.74, 6) is 1.05. The number of halogens is 1. The summed E-state index contributed by atoms with van der Waals surface area (Å²) in [6.07, 6.45) is 2.91. The van der Waals surface area contributed by atoms with Crippen LogP contribution in [0.15, 0.2) is 12.3 Å². The molecule has 0 saturated carbocycles. The third-order valence-corrected chi connectivity index (χ3v) is 3.83. The van der Waals surface area contributed by atoms with Gasteiger partial charge in [-0.1, -0.05) is 18.5 Å². The smallest absolute Gasteiger partial charge is 0.128 e. The van der Waals surface area contributed by atoms with Gasteiger partial charge in [0.05, 0.1) is 5.02 Å². The molecule has 2 rings (SSSR count). The summed E-state index contributed by atoms with van der Waals surface area (Å²) in [6.45, 7) is 8.25. The standard InChI is InChI=1S/C14H23ClN4/c1-3-4-16-10-12-9-14(17-11-13(12)15)19-7-5-18(2)6-8-19/h9,11,16H,3-8,10H2,1-2H3. The van der Waals surface area contributed by atoms with Crippen molar-refractivity contribution >= 4 is 17.4 Å². The lowest BCUT2D eigenvalue weighted by atomic mass is 10.2. The van der Waals surface area contributed by atoms with E-state index >= 15 is 0 Å². The molecule has 0 aliphatic carbocycles. The molecule has 1 aliphatic heterocycles. The lowest BCUT2D eigenvalue weighted by molar-refractivity contribution is 0.312. The second kappa shape index (κ2) is 7.08. The van der Waals surface area contributed by atoms with E-state index in [9.17, 15) is 0 Å². The number of hydrogen-bond donors (Lipinski definition) is 1. The zero-order valence-corrected chi connectivity index (χ0v) is 12.6. The molecule has 106 valence electrons. The van der Waals surface area contributed by atoms with Gasteiger partial charge in [-0.2, -0.15) is 0 Å². The Bertz CT molecular complexity index is 402. The third-order valence-electron chi connectivity index (χ3n) is 3.49. The van der Waals surface area contributed by atoms with Crippen LogP contribution in [0.3, 0.4) is 0 Å². The predicted molar refractivity (Wildman–Crippen MR) is 81.0 cm³/mol. The third kappa shape index (κ3) is 4.06. The zero-order chi connectivity index (χ0) is 13.7. The Kier molecular flexibility index (Phi) is 5.43. The van der Waals surface area contributed by atoms with Gasteiger partial charge < -0.3 is 15.1 Å². The van der Waals surface area contributed by atoms with Crippen molar-refractivity contribution in [3.05, 3.63) is 22.8 Å². The van der Waals surface area contributed by atoms with Crippen molar-refractivity contribution in [1.82, 2.24) is 15.2 Å². The van der Waals surface area contributed by atoms with Crippen LogP contribution < -0.4 is 10.2 Å². The van der Waals surface area contributed by atoms with Crippen LogP contribution in [0.1, 0.15) is 18.9 Å². The van der Waals surface area contributed by atoms with Gasteiger partial charge in [-0.05, 0) is 31.6 Å². The number of rotatable bonds is 5. The highest BCUT2D eigenvalue weighted by Crippen LogP contribution is 2.21. The number of pyridine rings is 1. The largest absolute Gasteiger partial charge is 0.354 e. The monoisotopic (exact) mass is 282 g/mol. The van der Waals surface area contributed by atoms with E-state index in [-0.39, 0.29) is 0 Å². The topological polar surface area (TPSA) is 31.4 Å². The Balaban J connectivity index is 2.03. The van der Waals surface area contributed by atoms with Crippen LogP contribution in [0.5, 0.6) is 0 Å². The van der Waals surface area contributed by atoms with E-state index in [1.165, 1.54) is 0 Å². The van der Waals surface area contributed by atoms with Gasteiger partial charge in [-0.25, -0.2) is 4.98 Å². The fourth-order valence-electron chi connectivity index (χ4n) is 2.21. The second-order valence-corrected chi connectivity index (χ2v) is 5.51. The number of nitrogens with zero attached hydrogens (tertiary/aromatic N) is 3. The molecule has 0 atom stereocenters. The van der Waals surface area contributed by atoms with Crippen molar-refractivity contribution in [1.29, 1.82) is 0 Å². The van der Waals surface area contributed by atoms with Crippen LogP contribution in [0.4, 0.5) is 5.82 Å². The minimum Gasteiger partial charge on any atom is -0.354 e. The number of anilines is 1. The quantitative estimate of drug-likeness (QED) is 0.837. The van der Waals surface area contributed by atoms with Crippen LogP contribution in [0.2, 0.25) is 5.02 Å². The Morgan fingerprint density at radius 2 is 2.05 bits per heavy atom.